The van der Waals surface area contributed by atoms with E-state index in [1.165, 1.54) is 4.90 Å². The average molecular weight is 389 g/mol. The van der Waals surface area contributed by atoms with E-state index in [0.29, 0.717) is 12.2 Å². The summed E-state index contributed by atoms with van der Waals surface area (Å²) in [6, 6.07) is 17.2. The molecule has 0 saturated carbocycles. The van der Waals surface area contributed by atoms with Crippen molar-refractivity contribution in [2.75, 3.05) is 44.9 Å². The van der Waals surface area contributed by atoms with Gasteiger partial charge in [-0.3, -0.25) is 9.59 Å². The first kappa shape index (κ1) is 20.8. The summed E-state index contributed by atoms with van der Waals surface area (Å²) < 4.78 is 5.09. The van der Waals surface area contributed by atoms with Gasteiger partial charge >= 0.3 is 0 Å². The van der Waals surface area contributed by atoms with Crippen molar-refractivity contribution in [1.82, 2.24) is 5.32 Å². The number of anilines is 1. The maximum atomic E-state index is 12.1. The minimum atomic E-state index is -0.134. The molecule has 27 heavy (non-hydrogen) atoms. The lowest BCUT2D eigenvalue weighted by atomic mass is 10.3. The monoisotopic (exact) mass is 388 g/mol. The molecule has 1 atom stereocenters. The standard InChI is InChI=1S/C20H25N3O3S/c1-23(15-20(25)22-16-8-10-17(26-2)11-9-16)14-19(24)21-12-13-27-18-6-4-3-5-7-18/h3-11H,12-15H2,1-2H3,(H,21,24)(H,22,25)/p+1. The molecule has 0 fully saturated rings. The first-order valence-corrected chi connectivity index (χ1v) is 9.75. The van der Waals surface area contributed by atoms with E-state index in [9.17, 15) is 9.59 Å². The smallest absolute Gasteiger partial charge is 0.279 e. The van der Waals surface area contributed by atoms with Crippen LogP contribution in [0, 0.1) is 0 Å². The number of quaternary nitrogens is 1. The zero-order chi connectivity index (χ0) is 19.5. The van der Waals surface area contributed by atoms with Gasteiger partial charge in [0.15, 0.2) is 13.1 Å². The minimum Gasteiger partial charge on any atom is -0.497 e. The molecule has 0 saturated heterocycles. The number of carbonyl (C=O) groups excluding carboxylic acids is 2. The van der Waals surface area contributed by atoms with Gasteiger partial charge in [0.2, 0.25) is 0 Å². The Morgan fingerprint density at radius 2 is 1.67 bits per heavy atom. The zero-order valence-corrected chi connectivity index (χ0v) is 16.5. The molecule has 0 spiro atoms. The predicted molar refractivity (Wildman–Crippen MR) is 108 cm³/mol. The third-order valence-electron chi connectivity index (χ3n) is 3.73. The molecule has 7 heteroatoms. The lowest BCUT2D eigenvalue weighted by Gasteiger charge is -2.14. The van der Waals surface area contributed by atoms with E-state index in [1.54, 1.807) is 43.1 Å². The van der Waals surface area contributed by atoms with Gasteiger partial charge in [0.25, 0.3) is 11.8 Å². The molecule has 0 radical (unpaired) electrons. The summed E-state index contributed by atoms with van der Waals surface area (Å²) in [6.45, 7) is 1.08. The van der Waals surface area contributed by atoms with Crippen LogP contribution in [-0.2, 0) is 9.59 Å². The predicted octanol–water partition coefficient (Wildman–Crippen LogP) is 1.06. The number of nitrogens with one attached hydrogen (secondary N) is 3. The number of likely N-dealkylation sites (N-methyl/N-ethyl adjacent to an activating group) is 1. The highest BCUT2D eigenvalue weighted by atomic mass is 32.2. The molecule has 1 unspecified atom stereocenters. The molecule has 0 heterocycles. The molecule has 0 bridgehead atoms. The molecule has 0 aliphatic carbocycles. The summed E-state index contributed by atoms with van der Waals surface area (Å²) in [5.74, 6) is 1.36. The lowest BCUT2D eigenvalue weighted by molar-refractivity contribution is -0.862. The van der Waals surface area contributed by atoms with E-state index in [1.807, 2.05) is 37.4 Å². The summed E-state index contributed by atoms with van der Waals surface area (Å²) in [7, 11) is 3.42. The third kappa shape index (κ3) is 8.15. The molecular formula is C20H26N3O3S+. The molecule has 144 valence electrons. The van der Waals surface area contributed by atoms with Gasteiger partial charge in [-0.2, -0.15) is 0 Å². The van der Waals surface area contributed by atoms with Crippen molar-refractivity contribution in [3.63, 3.8) is 0 Å². The van der Waals surface area contributed by atoms with E-state index in [0.717, 1.165) is 16.4 Å². The Morgan fingerprint density at radius 3 is 2.33 bits per heavy atom. The first-order valence-electron chi connectivity index (χ1n) is 8.76. The second kappa shape index (κ2) is 11.3. The Labute approximate surface area is 164 Å². The maximum Gasteiger partial charge on any atom is 0.279 e. The lowest BCUT2D eigenvalue weighted by Crippen LogP contribution is -3.11. The van der Waals surface area contributed by atoms with Crippen LogP contribution in [0.5, 0.6) is 5.75 Å². The average Bonchev–Trinajstić information content (AvgIpc) is 2.66. The number of hydrogen-bond acceptors (Lipinski definition) is 4. The van der Waals surface area contributed by atoms with E-state index in [-0.39, 0.29) is 24.9 Å². The Hall–Kier alpha value is -2.51. The fourth-order valence-corrected chi connectivity index (χ4v) is 3.22. The van der Waals surface area contributed by atoms with Crippen LogP contribution in [-0.4, -0.2) is 51.4 Å². The minimum absolute atomic E-state index is 0.0570. The summed E-state index contributed by atoms with van der Waals surface area (Å²) in [5.41, 5.74) is 0.705. The van der Waals surface area contributed by atoms with Crippen molar-refractivity contribution in [1.29, 1.82) is 0 Å². The number of carbonyl (C=O) groups is 2. The highest BCUT2D eigenvalue weighted by Gasteiger charge is 2.14. The van der Waals surface area contributed by atoms with Crippen LogP contribution in [0.25, 0.3) is 0 Å². The number of methoxy groups -OCH3 is 1. The van der Waals surface area contributed by atoms with E-state index >= 15 is 0 Å². The zero-order valence-electron chi connectivity index (χ0n) is 15.7. The van der Waals surface area contributed by atoms with Crippen LogP contribution in [0.4, 0.5) is 5.69 Å². The Kier molecular flexibility index (Phi) is 8.67. The van der Waals surface area contributed by atoms with Gasteiger partial charge in [0.05, 0.1) is 14.2 Å². The Bertz CT molecular complexity index is 723. The van der Waals surface area contributed by atoms with Gasteiger partial charge in [0.1, 0.15) is 5.75 Å². The molecule has 0 aliphatic heterocycles. The van der Waals surface area contributed by atoms with Crippen molar-refractivity contribution in [2.24, 2.45) is 0 Å². The van der Waals surface area contributed by atoms with Crippen LogP contribution >= 0.6 is 11.8 Å². The fraction of sp³-hybridized carbons (Fsp3) is 0.300. The van der Waals surface area contributed by atoms with Gasteiger partial charge in [-0.1, -0.05) is 18.2 Å². The second-order valence-electron chi connectivity index (χ2n) is 6.10. The summed E-state index contributed by atoms with van der Waals surface area (Å²) >= 11 is 1.70. The number of benzene rings is 2. The molecule has 6 nitrogen and oxygen atoms in total. The molecule has 2 amide bonds. The fourth-order valence-electron chi connectivity index (χ4n) is 2.43. The van der Waals surface area contributed by atoms with Crippen molar-refractivity contribution in [3.8, 4) is 5.75 Å². The van der Waals surface area contributed by atoms with Gasteiger partial charge < -0.3 is 20.3 Å². The second-order valence-corrected chi connectivity index (χ2v) is 7.27. The van der Waals surface area contributed by atoms with Crippen LogP contribution in [0.2, 0.25) is 0 Å². The van der Waals surface area contributed by atoms with Crippen LogP contribution in [0.1, 0.15) is 0 Å². The molecular weight excluding hydrogens is 362 g/mol. The first-order chi connectivity index (χ1) is 13.1. The molecule has 0 aromatic heterocycles. The highest BCUT2D eigenvalue weighted by molar-refractivity contribution is 7.99. The maximum absolute atomic E-state index is 12.1. The topological polar surface area (TPSA) is 71.9 Å². The molecule has 2 rings (SSSR count). The van der Waals surface area contributed by atoms with Crippen LogP contribution in [0.15, 0.2) is 59.5 Å². The molecule has 3 N–H and O–H groups in total. The summed E-state index contributed by atoms with van der Waals surface area (Å²) in [4.78, 5) is 26.1. The number of thioether (sulfide) groups is 1. The number of hydrogen-bond donors (Lipinski definition) is 3. The van der Waals surface area contributed by atoms with Gasteiger partial charge in [-0.25, -0.2) is 0 Å². The Morgan fingerprint density at radius 1 is 1.00 bits per heavy atom. The summed E-state index contributed by atoms with van der Waals surface area (Å²) in [5, 5.41) is 5.71. The van der Waals surface area contributed by atoms with Crippen LogP contribution in [0.3, 0.4) is 0 Å². The van der Waals surface area contributed by atoms with Crippen molar-refractivity contribution in [3.05, 3.63) is 54.6 Å². The molecule has 2 aromatic carbocycles. The van der Waals surface area contributed by atoms with Gasteiger partial charge in [-0.05, 0) is 36.4 Å². The van der Waals surface area contributed by atoms with Gasteiger partial charge in [0, 0.05) is 22.9 Å². The highest BCUT2D eigenvalue weighted by Crippen LogP contribution is 2.16. The third-order valence-corrected chi connectivity index (χ3v) is 4.75. The normalized spacial score (nSPS) is 11.5. The largest absolute Gasteiger partial charge is 0.497 e. The SMILES string of the molecule is COc1ccc(NC(=O)C[NH+](C)CC(=O)NCCSc2ccccc2)cc1. The molecule has 2 aromatic rings. The van der Waals surface area contributed by atoms with E-state index in [4.69, 9.17) is 4.74 Å². The van der Waals surface area contributed by atoms with Gasteiger partial charge in [-0.15, -0.1) is 11.8 Å². The van der Waals surface area contributed by atoms with E-state index < -0.39 is 0 Å². The van der Waals surface area contributed by atoms with Crippen molar-refractivity contribution < 1.29 is 19.2 Å². The van der Waals surface area contributed by atoms with E-state index in [2.05, 4.69) is 10.6 Å². The number of amides is 2. The Balaban J connectivity index is 1.62. The van der Waals surface area contributed by atoms with Crippen molar-refractivity contribution >= 4 is 29.3 Å². The number of ether oxygens (including phenoxy) is 1. The summed E-state index contributed by atoms with van der Waals surface area (Å²) in [6.07, 6.45) is 0. The van der Waals surface area contributed by atoms with Crippen molar-refractivity contribution in [2.45, 2.75) is 4.90 Å². The molecule has 0 aliphatic rings. The number of rotatable bonds is 10. The quantitative estimate of drug-likeness (QED) is 0.420. The van der Waals surface area contributed by atoms with Crippen LogP contribution < -0.4 is 20.3 Å².